The number of hydrogen-bond acceptors (Lipinski definition) is 4. The van der Waals surface area contributed by atoms with Crippen molar-refractivity contribution in [2.24, 2.45) is 0 Å². The quantitative estimate of drug-likeness (QED) is 0.603. The lowest BCUT2D eigenvalue weighted by Gasteiger charge is -2.05. The second kappa shape index (κ2) is 5.90. The number of halogens is 1. The number of nitro groups is 1. The van der Waals surface area contributed by atoms with Crippen molar-refractivity contribution >= 4 is 17.3 Å². The molecule has 0 spiro atoms. The third-order valence-electron chi connectivity index (χ3n) is 2.00. The number of nitro benzene ring substituents is 1. The van der Waals surface area contributed by atoms with Crippen LogP contribution in [0.2, 0.25) is 0 Å². The van der Waals surface area contributed by atoms with Gasteiger partial charge >= 0.3 is 0 Å². The number of benzene rings is 1. The molecule has 0 aliphatic rings. The van der Waals surface area contributed by atoms with Crippen molar-refractivity contribution in [1.29, 1.82) is 0 Å². The van der Waals surface area contributed by atoms with E-state index in [-0.39, 0.29) is 30.8 Å². The summed E-state index contributed by atoms with van der Waals surface area (Å²) >= 11 is 0. The molecule has 92 valence electrons. The minimum atomic E-state index is -0.864. The number of carbonyl (C=O) groups is 1. The third kappa shape index (κ3) is 3.80. The Morgan fingerprint density at radius 3 is 2.76 bits per heavy atom. The van der Waals surface area contributed by atoms with Gasteiger partial charge in [0.2, 0.25) is 5.91 Å². The molecular weight excluding hydrogens is 231 g/mol. The number of nitrogens with one attached hydrogen (secondary N) is 1. The van der Waals surface area contributed by atoms with Crippen molar-refractivity contribution in [2.45, 2.75) is 12.8 Å². The number of aliphatic hydroxyl groups is 1. The van der Waals surface area contributed by atoms with Gasteiger partial charge in [-0.2, -0.15) is 0 Å². The summed E-state index contributed by atoms with van der Waals surface area (Å²) in [5.74, 6) is -1.32. The highest BCUT2D eigenvalue weighted by atomic mass is 19.1. The van der Waals surface area contributed by atoms with Crippen molar-refractivity contribution < 1.29 is 19.2 Å². The molecule has 17 heavy (non-hydrogen) atoms. The van der Waals surface area contributed by atoms with E-state index in [1.54, 1.807) is 0 Å². The van der Waals surface area contributed by atoms with Gasteiger partial charge in [-0.3, -0.25) is 14.9 Å². The zero-order valence-electron chi connectivity index (χ0n) is 8.85. The van der Waals surface area contributed by atoms with Crippen LogP contribution in [0.25, 0.3) is 0 Å². The molecule has 0 unspecified atom stereocenters. The number of amides is 1. The first-order valence-corrected chi connectivity index (χ1v) is 4.89. The average molecular weight is 242 g/mol. The Bertz CT molecular complexity index is 436. The van der Waals surface area contributed by atoms with E-state index in [9.17, 15) is 19.3 Å². The second-order valence-corrected chi connectivity index (χ2v) is 3.30. The van der Waals surface area contributed by atoms with Gasteiger partial charge in [0.15, 0.2) is 5.82 Å². The van der Waals surface area contributed by atoms with E-state index in [0.717, 1.165) is 18.2 Å². The largest absolute Gasteiger partial charge is 0.396 e. The molecule has 0 aliphatic heterocycles. The number of aliphatic hydroxyl groups excluding tert-OH is 1. The fourth-order valence-corrected chi connectivity index (χ4v) is 1.17. The van der Waals surface area contributed by atoms with E-state index in [2.05, 4.69) is 5.32 Å². The average Bonchev–Trinajstić information content (AvgIpc) is 2.28. The first-order valence-electron chi connectivity index (χ1n) is 4.89. The van der Waals surface area contributed by atoms with Gasteiger partial charge in [-0.25, -0.2) is 4.39 Å². The standard InChI is InChI=1S/C10H11FN2O4/c11-8-6-7(13(16)17)3-4-9(8)12-10(15)2-1-5-14/h3-4,6,14H,1-2,5H2,(H,12,15). The Morgan fingerprint density at radius 1 is 1.53 bits per heavy atom. The Balaban J connectivity index is 2.72. The summed E-state index contributed by atoms with van der Waals surface area (Å²) in [5.41, 5.74) is -0.491. The van der Waals surface area contributed by atoms with Gasteiger partial charge in [0, 0.05) is 19.1 Å². The van der Waals surface area contributed by atoms with E-state index >= 15 is 0 Å². The van der Waals surface area contributed by atoms with Crippen LogP contribution in [0, 0.1) is 15.9 Å². The molecule has 1 aromatic carbocycles. The highest BCUT2D eigenvalue weighted by Gasteiger charge is 2.12. The van der Waals surface area contributed by atoms with Crippen LogP contribution in [0.15, 0.2) is 18.2 Å². The van der Waals surface area contributed by atoms with Crippen molar-refractivity contribution in [1.82, 2.24) is 0 Å². The van der Waals surface area contributed by atoms with Crippen LogP contribution >= 0.6 is 0 Å². The first-order chi connectivity index (χ1) is 8.04. The molecule has 0 saturated heterocycles. The number of non-ortho nitro benzene ring substituents is 1. The topological polar surface area (TPSA) is 92.5 Å². The SMILES string of the molecule is O=C(CCCO)Nc1ccc([N+](=O)[O-])cc1F. The second-order valence-electron chi connectivity index (χ2n) is 3.30. The lowest BCUT2D eigenvalue weighted by Crippen LogP contribution is -2.13. The Kier molecular flexibility index (Phi) is 4.53. The van der Waals surface area contributed by atoms with Gasteiger partial charge in [-0.1, -0.05) is 0 Å². The fourth-order valence-electron chi connectivity index (χ4n) is 1.17. The van der Waals surface area contributed by atoms with Crippen LogP contribution < -0.4 is 5.32 Å². The van der Waals surface area contributed by atoms with Crippen molar-refractivity contribution in [3.63, 3.8) is 0 Å². The maximum absolute atomic E-state index is 13.3. The van der Waals surface area contributed by atoms with E-state index in [4.69, 9.17) is 5.11 Å². The summed E-state index contributed by atoms with van der Waals surface area (Å²) in [7, 11) is 0. The lowest BCUT2D eigenvalue weighted by atomic mass is 10.2. The molecule has 0 bridgehead atoms. The van der Waals surface area contributed by atoms with Crippen molar-refractivity contribution in [3.8, 4) is 0 Å². The van der Waals surface area contributed by atoms with Crippen LogP contribution in [0.3, 0.4) is 0 Å². The predicted molar refractivity (Wildman–Crippen MR) is 58.0 cm³/mol. The number of anilines is 1. The van der Waals surface area contributed by atoms with E-state index in [1.165, 1.54) is 0 Å². The summed E-state index contributed by atoms with van der Waals surface area (Å²) in [4.78, 5) is 20.8. The van der Waals surface area contributed by atoms with E-state index in [0.29, 0.717) is 0 Å². The Labute approximate surface area is 96.2 Å². The maximum atomic E-state index is 13.3. The molecule has 6 nitrogen and oxygen atoms in total. The third-order valence-corrected chi connectivity index (χ3v) is 2.00. The lowest BCUT2D eigenvalue weighted by molar-refractivity contribution is -0.385. The Morgan fingerprint density at radius 2 is 2.24 bits per heavy atom. The molecule has 0 atom stereocenters. The molecule has 1 amide bonds. The highest BCUT2D eigenvalue weighted by Crippen LogP contribution is 2.20. The van der Waals surface area contributed by atoms with Crippen LogP contribution in [0.5, 0.6) is 0 Å². The molecule has 0 fully saturated rings. The molecule has 7 heteroatoms. The van der Waals surface area contributed by atoms with Crippen molar-refractivity contribution in [3.05, 3.63) is 34.1 Å². The van der Waals surface area contributed by atoms with Gasteiger partial charge in [0.25, 0.3) is 5.69 Å². The zero-order chi connectivity index (χ0) is 12.8. The molecular formula is C10H11FN2O4. The molecule has 0 saturated carbocycles. The summed E-state index contributed by atoms with van der Waals surface area (Å²) in [6.07, 6.45) is 0.341. The molecule has 0 aliphatic carbocycles. The van der Waals surface area contributed by atoms with Gasteiger partial charge < -0.3 is 10.4 Å². The summed E-state index contributed by atoms with van der Waals surface area (Å²) in [6, 6.07) is 2.97. The highest BCUT2D eigenvalue weighted by molar-refractivity contribution is 5.90. The van der Waals surface area contributed by atoms with Crippen LogP contribution in [-0.4, -0.2) is 22.5 Å². The smallest absolute Gasteiger partial charge is 0.272 e. The minimum absolute atomic E-state index is 0.0624. The van der Waals surface area contributed by atoms with Crippen LogP contribution in [0.4, 0.5) is 15.8 Å². The maximum Gasteiger partial charge on any atom is 0.272 e. The molecule has 2 N–H and O–H groups in total. The number of hydrogen-bond donors (Lipinski definition) is 2. The van der Waals surface area contributed by atoms with E-state index < -0.39 is 16.6 Å². The molecule has 0 radical (unpaired) electrons. The van der Waals surface area contributed by atoms with Crippen LogP contribution in [0.1, 0.15) is 12.8 Å². The summed E-state index contributed by atoms with van der Waals surface area (Å²) in [6.45, 7) is -0.129. The normalized spacial score (nSPS) is 10.0. The van der Waals surface area contributed by atoms with Gasteiger partial charge in [-0.15, -0.1) is 0 Å². The Hall–Kier alpha value is -2.02. The van der Waals surface area contributed by atoms with Crippen LogP contribution in [-0.2, 0) is 4.79 Å². The molecule has 0 aromatic heterocycles. The summed E-state index contributed by atoms with van der Waals surface area (Å²) < 4.78 is 13.3. The molecule has 1 aromatic rings. The van der Waals surface area contributed by atoms with Crippen molar-refractivity contribution in [2.75, 3.05) is 11.9 Å². The molecule has 1 rings (SSSR count). The summed E-state index contributed by atoms with van der Waals surface area (Å²) in [5, 5.41) is 21.1. The number of rotatable bonds is 5. The van der Waals surface area contributed by atoms with Gasteiger partial charge in [0.1, 0.15) is 0 Å². The number of nitrogens with zero attached hydrogens (tertiary/aromatic N) is 1. The predicted octanol–water partition coefficient (Wildman–Crippen LogP) is 1.44. The zero-order valence-corrected chi connectivity index (χ0v) is 8.85. The minimum Gasteiger partial charge on any atom is -0.396 e. The fraction of sp³-hybridized carbons (Fsp3) is 0.300. The number of carbonyl (C=O) groups excluding carboxylic acids is 1. The molecule has 0 heterocycles. The van der Waals surface area contributed by atoms with Gasteiger partial charge in [0.05, 0.1) is 16.7 Å². The monoisotopic (exact) mass is 242 g/mol. The van der Waals surface area contributed by atoms with E-state index in [1.807, 2.05) is 0 Å². The van der Waals surface area contributed by atoms with Gasteiger partial charge in [-0.05, 0) is 12.5 Å². The first kappa shape index (κ1) is 13.0.